The summed E-state index contributed by atoms with van der Waals surface area (Å²) in [6.07, 6.45) is 3.23. The van der Waals surface area contributed by atoms with Gasteiger partial charge < -0.3 is 25.4 Å². The Morgan fingerprint density at radius 2 is 2.00 bits per heavy atom. The summed E-state index contributed by atoms with van der Waals surface area (Å²) in [5, 5.41) is 9.89. The molecule has 1 amide bonds. The van der Waals surface area contributed by atoms with Crippen molar-refractivity contribution >= 4 is 11.6 Å². The summed E-state index contributed by atoms with van der Waals surface area (Å²) in [7, 11) is 1.61. The Balaban J connectivity index is 1.49. The molecule has 4 rings (SSSR count). The predicted molar refractivity (Wildman–Crippen MR) is 132 cm³/mol. The Kier molecular flexibility index (Phi) is 7.59. The molecule has 0 bridgehead atoms. The van der Waals surface area contributed by atoms with Gasteiger partial charge in [-0.15, -0.1) is 0 Å². The zero-order valence-electron chi connectivity index (χ0n) is 19.7. The summed E-state index contributed by atoms with van der Waals surface area (Å²) in [5.41, 5.74) is 3.50. The molecule has 8 heteroatoms. The lowest BCUT2D eigenvalue weighted by Gasteiger charge is -2.34. The second kappa shape index (κ2) is 11.0. The quantitative estimate of drug-likeness (QED) is 0.448. The fourth-order valence-electron chi connectivity index (χ4n) is 3.99. The average molecular weight is 462 g/mol. The third-order valence-corrected chi connectivity index (χ3v) is 5.92. The molecule has 0 saturated heterocycles. The molecule has 0 spiro atoms. The highest BCUT2D eigenvalue weighted by molar-refractivity contribution is 5.95. The van der Waals surface area contributed by atoms with E-state index in [2.05, 4.69) is 45.0 Å². The van der Waals surface area contributed by atoms with Crippen LogP contribution in [0.25, 0.3) is 0 Å². The van der Waals surface area contributed by atoms with Crippen LogP contribution < -0.4 is 25.4 Å². The van der Waals surface area contributed by atoms with Crippen LogP contribution in [0, 0.1) is 0 Å². The van der Waals surface area contributed by atoms with E-state index in [4.69, 9.17) is 9.47 Å². The number of rotatable bonds is 9. The summed E-state index contributed by atoms with van der Waals surface area (Å²) in [6.45, 7) is 5.94. The maximum Gasteiger partial charge on any atom is 0.252 e. The summed E-state index contributed by atoms with van der Waals surface area (Å²) in [5.74, 6) is 1.20. The molecule has 8 nitrogen and oxygen atoms in total. The Bertz CT molecular complexity index is 1090. The van der Waals surface area contributed by atoms with Gasteiger partial charge in [-0.1, -0.05) is 43.3 Å². The fourth-order valence-corrected chi connectivity index (χ4v) is 3.99. The molecule has 2 aromatic heterocycles. The van der Waals surface area contributed by atoms with Crippen molar-refractivity contribution in [2.75, 3.05) is 32.1 Å². The van der Waals surface area contributed by atoms with Gasteiger partial charge in [0, 0.05) is 31.5 Å². The lowest BCUT2D eigenvalue weighted by atomic mass is 9.97. The van der Waals surface area contributed by atoms with Crippen molar-refractivity contribution in [3.05, 3.63) is 77.6 Å². The third-order valence-electron chi connectivity index (χ3n) is 5.92. The zero-order chi connectivity index (χ0) is 23.9. The average Bonchev–Trinajstić information content (AvgIpc) is 2.89. The van der Waals surface area contributed by atoms with E-state index >= 15 is 0 Å². The van der Waals surface area contributed by atoms with E-state index in [9.17, 15) is 4.79 Å². The number of nitrogens with one attached hydrogen (secondary N) is 3. The van der Waals surface area contributed by atoms with Gasteiger partial charge in [0.25, 0.3) is 5.91 Å². The first-order valence-corrected chi connectivity index (χ1v) is 11.6. The first kappa shape index (κ1) is 23.5. The minimum Gasteiger partial charge on any atom is -0.481 e. The molecule has 0 fully saturated rings. The lowest BCUT2D eigenvalue weighted by molar-refractivity contribution is 0.0955. The normalized spacial score (nSPS) is 16.4. The van der Waals surface area contributed by atoms with E-state index in [1.807, 2.05) is 43.5 Å². The van der Waals surface area contributed by atoms with Gasteiger partial charge in [-0.05, 0) is 30.0 Å². The molecule has 1 aromatic carbocycles. The number of ether oxygens (including phenoxy) is 2. The second-order valence-corrected chi connectivity index (χ2v) is 8.30. The van der Waals surface area contributed by atoms with Crippen LogP contribution in [0.4, 0.5) is 5.69 Å². The van der Waals surface area contributed by atoms with Crippen molar-refractivity contribution in [3.63, 3.8) is 0 Å². The maximum absolute atomic E-state index is 12.1. The topological polar surface area (TPSA) is 97.4 Å². The van der Waals surface area contributed by atoms with Crippen LogP contribution >= 0.6 is 0 Å². The van der Waals surface area contributed by atoms with E-state index in [1.54, 1.807) is 19.4 Å². The highest BCUT2D eigenvalue weighted by Crippen LogP contribution is 2.32. The van der Waals surface area contributed by atoms with E-state index in [0.29, 0.717) is 30.4 Å². The molecular formula is C26H31N5O3. The third kappa shape index (κ3) is 5.46. The van der Waals surface area contributed by atoms with Gasteiger partial charge in [0.1, 0.15) is 6.10 Å². The first-order valence-electron chi connectivity index (χ1n) is 11.6. The molecule has 0 saturated carbocycles. The molecule has 0 radical (unpaired) electrons. The van der Waals surface area contributed by atoms with Crippen LogP contribution in [0.15, 0.2) is 60.9 Å². The van der Waals surface area contributed by atoms with Crippen LogP contribution in [0.1, 0.15) is 47.3 Å². The fraction of sp³-hybridized carbons (Fsp3) is 0.346. The zero-order valence-corrected chi connectivity index (χ0v) is 19.7. The Morgan fingerprint density at radius 3 is 2.71 bits per heavy atom. The lowest BCUT2D eigenvalue weighted by Crippen LogP contribution is -2.43. The van der Waals surface area contributed by atoms with Crippen molar-refractivity contribution in [3.8, 4) is 11.8 Å². The largest absolute Gasteiger partial charge is 0.481 e. The van der Waals surface area contributed by atoms with Crippen LogP contribution in [0.5, 0.6) is 11.8 Å². The van der Waals surface area contributed by atoms with Gasteiger partial charge in [0.15, 0.2) is 0 Å². The van der Waals surface area contributed by atoms with Crippen molar-refractivity contribution in [2.45, 2.75) is 31.9 Å². The smallest absolute Gasteiger partial charge is 0.252 e. The van der Waals surface area contributed by atoms with Gasteiger partial charge in [0.05, 0.1) is 30.9 Å². The molecule has 3 aromatic rings. The predicted octanol–water partition coefficient (Wildman–Crippen LogP) is 3.54. The summed E-state index contributed by atoms with van der Waals surface area (Å²) < 4.78 is 11.5. The van der Waals surface area contributed by atoms with Crippen LogP contribution in [-0.2, 0) is 0 Å². The number of anilines is 1. The highest BCUT2D eigenvalue weighted by atomic mass is 16.5. The SMILES string of the molecule is CCNC(=O)c1cnc2c(c1)NC[C@@H]([C@H](NC[C@@H](C)c1ccc(OC)nc1)c1ccccc1)O2. The summed E-state index contributed by atoms with van der Waals surface area (Å²) >= 11 is 0. The minimum atomic E-state index is -0.182. The van der Waals surface area contributed by atoms with Crippen LogP contribution in [-0.4, -0.2) is 48.7 Å². The number of carbonyl (C=O) groups excluding carboxylic acids is 1. The highest BCUT2D eigenvalue weighted by Gasteiger charge is 2.30. The van der Waals surface area contributed by atoms with Crippen molar-refractivity contribution in [1.29, 1.82) is 0 Å². The molecule has 1 aliphatic rings. The molecule has 34 heavy (non-hydrogen) atoms. The number of aromatic nitrogens is 2. The second-order valence-electron chi connectivity index (χ2n) is 8.30. The van der Waals surface area contributed by atoms with E-state index in [1.165, 1.54) is 0 Å². The number of benzene rings is 1. The molecule has 3 N–H and O–H groups in total. The number of carbonyl (C=O) groups is 1. The Labute approximate surface area is 200 Å². The van der Waals surface area contributed by atoms with Crippen molar-refractivity contribution in [2.24, 2.45) is 0 Å². The van der Waals surface area contributed by atoms with E-state index in [0.717, 1.165) is 23.4 Å². The van der Waals surface area contributed by atoms with E-state index < -0.39 is 0 Å². The number of pyridine rings is 2. The molecule has 178 valence electrons. The van der Waals surface area contributed by atoms with Gasteiger partial charge >= 0.3 is 0 Å². The van der Waals surface area contributed by atoms with E-state index in [-0.39, 0.29) is 24.0 Å². The Hall–Kier alpha value is -3.65. The molecular weight excluding hydrogens is 430 g/mol. The number of fused-ring (bicyclic) bond motifs is 1. The molecule has 0 unspecified atom stereocenters. The number of hydrogen-bond acceptors (Lipinski definition) is 7. The minimum absolute atomic E-state index is 0.0552. The van der Waals surface area contributed by atoms with Gasteiger partial charge in [-0.2, -0.15) is 0 Å². The molecule has 3 heterocycles. The number of hydrogen-bond donors (Lipinski definition) is 3. The molecule has 0 aliphatic carbocycles. The van der Waals surface area contributed by atoms with Crippen molar-refractivity contribution in [1.82, 2.24) is 20.6 Å². The molecule has 1 aliphatic heterocycles. The van der Waals surface area contributed by atoms with Crippen LogP contribution in [0.2, 0.25) is 0 Å². The van der Waals surface area contributed by atoms with Crippen LogP contribution in [0.3, 0.4) is 0 Å². The number of amides is 1. The summed E-state index contributed by atoms with van der Waals surface area (Å²) in [4.78, 5) is 20.9. The van der Waals surface area contributed by atoms with Crippen molar-refractivity contribution < 1.29 is 14.3 Å². The van der Waals surface area contributed by atoms with Gasteiger partial charge in [-0.25, -0.2) is 9.97 Å². The maximum atomic E-state index is 12.1. The van der Waals surface area contributed by atoms with Gasteiger partial charge in [0.2, 0.25) is 11.8 Å². The monoisotopic (exact) mass is 461 g/mol. The van der Waals surface area contributed by atoms with Gasteiger partial charge in [-0.3, -0.25) is 4.79 Å². The standard InChI is InChI=1S/C26H31N5O3/c1-4-27-25(32)20-12-21-26(31-15-20)34-22(16-28-21)24(18-8-6-5-7-9-18)30-13-17(2)19-10-11-23(33-3)29-14-19/h5-12,14-15,17,22,24,28,30H,4,13,16H2,1-3H3,(H,27,32)/t17-,22+,24-/m1/s1. The molecule has 3 atom stereocenters. The number of nitrogens with zero attached hydrogens (tertiary/aromatic N) is 2. The Morgan fingerprint density at radius 1 is 1.18 bits per heavy atom. The summed E-state index contributed by atoms with van der Waals surface area (Å²) in [6, 6.07) is 15.9. The number of methoxy groups -OCH3 is 1. The first-order chi connectivity index (χ1) is 16.6.